The van der Waals surface area contributed by atoms with Crippen LogP contribution in [-0.4, -0.2) is 49.6 Å². The molecule has 0 fully saturated rings. The Morgan fingerprint density at radius 2 is 1.35 bits per heavy atom. The summed E-state index contributed by atoms with van der Waals surface area (Å²) < 4.78 is 58.2. The van der Waals surface area contributed by atoms with Gasteiger partial charge in [-0.15, -0.1) is 0 Å². The monoisotopic (exact) mass is 296 g/mol. The lowest BCUT2D eigenvalue weighted by Crippen LogP contribution is -2.35. The molecule has 0 aliphatic carbocycles. The van der Waals surface area contributed by atoms with Gasteiger partial charge in [-0.05, 0) is 0 Å². The summed E-state index contributed by atoms with van der Waals surface area (Å²) >= 11 is 0. The number of hydrogen-bond donors (Lipinski definition) is 3. The molecule has 100 valence electrons. The molecule has 0 bridgehead atoms. The fourth-order valence-electron chi connectivity index (χ4n) is 0.391. The second kappa shape index (κ2) is 5.34. The third-order valence-corrected chi connectivity index (χ3v) is 1.85. The second-order valence-electron chi connectivity index (χ2n) is 2.12. The maximum absolute atomic E-state index is 10.6. The van der Waals surface area contributed by atoms with Gasteiger partial charge in [0.2, 0.25) is 0 Å². The summed E-state index contributed by atoms with van der Waals surface area (Å²) in [5, 5.41) is 16.4. The van der Waals surface area contributed by atoms with E-state index in [1.165, 1.54) is 0 Å². The lowest BCUT2D eigenvalue weighted by Gasteiger charge is -2.07. The molecule has 0 aromatic carbocycles. The van der Waals surface area contributed by atoms with E-state index < -0.39 is 38.8 Å². The van der Waals surface area contributed by atoms with Crippen LogP contribution in [0.15, 0.2) is 0 Å². The van der Waals surface area contributed by atoms with Crippen molar-refractivity contribution in [1.29, 1.82) is 0 Å². The molecule has 0 aliphatic heterocycles. The van der Waals surface area contributed by atoms with Gasteiger partial charge in [0.1, 0.15) is 0 Å². The zero-order valence-corrected chi connectivity index (χ0v) is 9.04. The number of carbonyl (C=O) groups is 2. The molecule has 0 saturated carbocycles. The molecule has 0 aromatic heterocycles. The van der Waals surface area contributed by atoms with Crippen molar-refractivity contribution >= 4 is 32.7 Å². The molecule has 0 heterocycles. The van der Waals surface area contributed by atoms with Gasteiger partial charge in [-0.2, -0.15) is 16.8 Å². The second-order valence-corrected chi connectivity index (χ2v) is 4.26. The highest BCUT2D eigenvalue weighted by atomic mass is 32.3. The van der Waals surface area contributed by atoms with Gasteiger partial charge < -0.3 is 10.2 Å². The average Bonchev–Trinajstić information content (AvgIpc) is 2.09. The minimum absolute atomic E-state index is 2.20. The van der Waals surface area contributed by atoms with E-state index in [4.69, 9.17) is 14.8 Å². The van der Waals surface area contributed by atoms with Crippen molar-refractivity contribution in [3.05, 3.63) is 0 Å². The van der Waals surface area contributed by atoms with Gasteiger partial charge in [0.25, 0.3) is 6.10 Å². The highest BCUT2D eigenvalue weighted by Gasteiger charge is 2.34. The van der Waals surface area contributed by atoms with Crippen LogP contribution in [0.4, 0.5) is 0 Å². The maximum atomic E-state index is 10.6. The Kier molecular flexibility index (Phi) is 4.93. The molecule has 12 nitrogen and oxygen atoms in total. The molecule has 0 atom stereocenters. The van der Waals surface area contributed by atoms with E-state index >= 15 is 0 Å². The summed E-state index contributed by atoms with van der Waals surface area (Å²) in [5.74, 6) is -4.40. The fourth-order valence-corrected chi connectivity index (χ4v) is 1.38. The first-order valence-corrected chi connectivity index (χ1v) is 5.88. The van der Waals surface area contributed by atoms with Crippen LogP contribution in [0, 0.1) is 0 Å². The average molecular weight is 296 g/mol. The Labute approximate surface area is 93.5 Å². The van der Waals surface area contributed by atoms with Crippen LogP contribution in [0.2, 0.25) is 0 Å². The van der Waals surface area contributed by atoms with E-state index in [1.807, 2.05) is 0 Å². The molecule has 3 N–H and O–H groups in total. The molecule has 0 aliphatic rings. The number of carboxylic acid groups (broad SMARTS) is 2. The smallest absolute Gasteiger partial charge is 0.429 e. The molecular weight excluding hydrogens is 292 g/mol. The van der Waals surface area contributed by atoms with E-state index in [0.717, 1.165) is 0 Å². The zero-order chi connectivity index (χ0) is 13.9. The highest BCUT2D eigenvalue weighted by molar-refractivity contribution is 7.83. The van der Waals surface area contributed by atoms with Gasteiger partial charge in [0.05, 0.1) is 0 Å². The van der Waals surface area contributed by atoms with Gasteiger partial charge in [0.15, 0.2) is 0 Å². The molecule has 0 spiro atoms. The Morgan fingerprint density at radius 1 is 0.941 bits per heavy atom. The number of aliphatic carboxylic acids is 2. The SMILES string of the molecule is O=C(O)C(OS(=O)(=O)OOS(=O)(=O)O)C(=O)O. The van der Waals surface area contributed by atoms with Crippen molar-refractivity contribution in [2.45, 2.75) is 6.10 Å². The van der Waals surface area contributed by atoms with Gasteiger partial charge >= 0.3 is 32.7 Å². The fraction of sp³-hybridized carbons (Fsp3) is 0.333. The van der Waals surface area contributed by atoms with Gasteiger partial charge in [-0.25, -0.2) is 13.8 Å². The Bertz CT molecular complexity index is 482. The Morgan fingerprint density at radius 3 is 1.65 bits per heavy atom. The molecule has 0 aromatic rings. The van der Waals surface area contributed by atoms with Crippen molar-refractivity contribution in [2.24, 2.45) is 0 Å². The van der Waals surface area contributed by atoms with E-state index in [1.54, 1.807) is 0 Å². The molecule has 0 rings (SSSR count). The summed E-state index contributed by atoms with van der Waals surface area (Å²) in [6, 6.07) is 0. The van der Waals surface area contributed by atoms with Crippen LogP contribution >= 0.6 is 0 Å². The normalized spacial score (nSPS) is 12.6. The van der Waals surface area contributed by atoms with Crippen molar-refractivity contribution < 1.29 is 54.0 Å². The summed E-state index contributed by atoms with van der Waals surface area (Å²) in [4.78, 5) is 20.4. The minimum Gasteiger partial charge on any atom is -0.479 e. The van der Waals surface area contributed by atoms with Crippen molar-refractivity contribution in [3.8, 4) is 0 Å². The standard InChI is InChI=1S/C3H4O12S2/c4-2(5)1(3(6)7)13-17(11,12)15-14-16(8,9)10/h1H,(H,4,5)(H,6,7)(H,8,9,10). The topological polar surface area (TPSA) is 191 Å². The first-order chi connectivity index (χ1) is 7.44. The van der Waals surface area contributed by atoms with E-state index in [-0.39, 0.29) is 0 Å². The predicted molar refractivity (Wildman–Crippen MR) is 42.8 cm³/mol. The molecular formula is C3H4O12S2. The lowest BCUT2D eigenvalue weighted by atomic mass is 10.4. The highest BCUT2D eigenvalue weighted by Crippen LogP contribution is 2.05. The number of hydrogen-bond acceptors (Lipinski definition) is 9. The third-order valence-electron chi connectivity index (χ3n) is 0.860. The van der Waals surface area contributed by atoms with Crippen LogP contribution in [0.1, 0.15) is 0 Å². The Hall–Kier alpha value is -1.32. The van der Waals surface area contributed by atoms with Crippen LogP contribution in [0.5, 0.6) is 0 Å². The molecule has 0 unspecified atom stereocenters. The summed E-state index contributed by atoms with van der Waals surface area (Å²) in [6.45, 7) is 0. The predicted octanol–water partition coefficient (Wildman–Crippen LogP) is -2.46. The molecule has 17 heavy (non-hydrogen) atoms. The van der Waals surface area contributed by atoms with Crippen molar-refractivity contribution in [3.63, 3.8) is 0 Å². The van der Waals surface area contributed by atoms with Gasteiger partial charge in [0, 0.05) is 0 Å². The Balaban J connectivity index is 4.75. The third kappa shape index (κ3) is 6.76. The van der Waals surface area contributed by atoms with Crippen LogP contribution in [0.3, 0.4) is 0 Å². The van der Waals surface area contributed by atoms with Crippen molar-refractivity contribution in [1.82, 2.24) is 0 Å². The summed E-state index contributed by atoms with van der Waals surface area (Å²) in [5.41, 5.74) is 0. The molecule has 0 saturated heterocycles. The first kappa shape index (κ1) is 15.7. The number of carboxylic acids is 2. The molecule has 0 radical (unpaired) electrons. The van der Waals surface area contributed by atoms with E-state index in [9.17, 15) is 26.4 Å². The molecule has 14 heteroatoms. The first-order valence-electron chi connectivity index (χ1n) is 3.18. The van der Waals surface area contributed by atoms with E-state index in [2.05, 4.69) is 12.9 Å². The van der Waals surface area contributed by atoms with Crippen LogP contribution in [-0.2, 0) is 43.2 Å². The molecule has 0 amide bonds. The minimum atomic E-state index is -5.43. The van der Waals surface area contributed by atoms with Crippen LogP contribution in [0.25, 0.3) is 0 Å². The van der Waals surface area contributed by atoms with E-state index in [0.29, 0.717) is 0 Å². The summed E-state index contributed by atoms with van der Waals surface area (Å²) in [6.07, 6.45) is -2.87. The van der Waals surface area contributed by atoms with Gasteiger partial charge in [-0.3, -0.25) is 4.55 Å². The van der Waals surface area contributed by atoms with Gasteiger partial charge in [-0.1, -0.05) is 8.67 Å². The largest absolute Gasteiger partial charge is 0.479 e. The number of rotatable bonds is 7. The van der Waals surface area contributed by atoms with Crippen molar-refractivity contribution in [2.75, 3.05) is 0 Å². The summed E-state index contributed by atoms with van der Waals surface area (Å²) in [7, 11) is -10.7. The maximum Gasteiger partial charge on any atom is 0.429 e. The van der Waals surface area contributed by atoms with Crippen LogP contribution < -0.4 is 0 Å². The quantitative estimate of drug-likeness (QED) is 0.194. The zero-order valence-electron chi connectivity index (χ0n) is 7.41. The lowest BCUT2D eigenvalue weighted by molar-refractivity contribution is -0.162.